The predicted octanol–water partition coefficient (Wildman–Crippen LogP) is 4.84. The summed E-state index contributed by atoms with van der Waals surface area (Å²) in [5.41, 5.74) is 5.82. The van der Waals surface area contributed by atoms with E-state index in [1.807, 2.05) is 13.0 Å². The topological polar surface area (TPSA) is 12.0 Å². The van der Waals surface area contributed by atoms with Gasteiger partial charge in [0, 0.05) is 0 Å². The quantitative estimate of drug-likeness (QED) is 0.829. The Morgan fingerprint density at radius 1 is 1.00 bits per heavy atom. The highest BCUT2D eigenvalue weighted by Gasteiger charge is 2.16. The Balaban J connectivity index is 2.49. The Hall–Kier alpha value is -1.67. The molecule has 0 aromatic heterocycles. The van der Waals surface area contributed by atoms with Crippen molar-refractivity contribution in [2.24, 2.45) is 0 Å². The predicted molar refractivity (Wildman–Crippen MR) is 87.2 cm³/mol. The minimum absolute atomic E-state index is 0.0410. The van der Waals surface area contributed by atoms with Gasteiger partial charge in [0.15, 0.2) is 0 Å². The molecule has 1 nitrogen and oxygen atoms in total. The molecule has 0 saturated heterocycles. The van der Waals surface area contributed by atoms with E-state index in [1.165, 1.54) is 22.8 Å². The summed E-state index contributed by atoms with van der Waals surface area (Å²) in [6, 6.07) is 11.6. The van der Waals surface area contributed by atoms with Crippen LogP contribution < -0.4 is 5.32 Å². The molecule has 0 amide bonds. The first kappa shape index (κ1) is 15.7. The minimum atomic E-state index is -0.178. The van der Waals surface area contributed by atoms with Gasteiger partial charge in [-0.25, -0.2) is 4.39 Å². The fourth-order valence-corrected chi connectivity index (χ4v) is 2.79. The minimum Gasteiger partial charge on any atom is -0.306 e. The van der Waals surface area contributed by atoms with Crippen LogP contribution in [0.25, 0.3) is 0 Å². The van der Waals surface area contributed by atoms with Crippen molar-refractivity contribution in [2.75, 3.05) is 6.54 Å². The number of hydrogen-bond donors (Lipinski definition) is 1. The molecular formula is C19H24FN. The number of hydrogen-bond acceptors (Lipinski definition) is 1. The summed E-state index contributed by atoms with van der Waals surface area (Å²) in [7, 11) is 0. The van der Waals surface area contributed by atoms with Gasteiger partial charge in [-0.3, -0.25) is 0 Å². The lowest BCUT2D eigenvalue weighted by Crippen LogP contribution is -2.24. The Bertz CT molecular complexity index is 599. The molecule has 21 heavy (non-hydrogen) atoms. The monoisotopic (exact) mass is 285 g/mol. The molecule has 0 aliphatic heterocycles. The number of aryl methyl sites for hydroxylation is 3. The normalized spacial score (nSPS) is 12.4. The highest BCUT2D eigenvalue weighted by molar-refractivity contribution is 5.40. The van der Waals surface area contributed by atoms with Crippen LogP contribution in [0, 0.1) is 26.6 Å². The van der Waals surface area contributed by atoms with Gasteiger partial charge in [-0.05, 0) is 62.6 Å². The van der Waals surface area contributed by atoms with E-state index in [0.717, 1.165) is 24.1 Å². The van der Waals surface area contributed by atoms with Crippen molar-refractivity contribution >= 4 is 0 Å². The number of benzene rings is 2. The van der Waals surface area contributed by atoms with Crippen LogP contribution in [0.5, 0.6) is 0 Å². The summed E-state index contributed by atoms with van der Waals surface area (Å²) in [4.78, 5) is 0. The SMILES string of the molecule is CCCNC(c1cc(C)cc(C)c1)c1cc(F)ccc1C. The van der Waals surface area contributed by atoms with Crippen LogP contribution in [0.3, 0.4) is 0 Å². The van der Waals surface area contributed by atoms with Crippen molar-refractivity contribution in [3.05, 3.63) is 70.0 Å². The number of rotatable bonds is 5. The molecule has 0 heterocycles. The third-order valence-electron chi connectivity index (χ3n) is 3.73. The largest absolute Gasteiger partial charge is 0.306 e. The lowest BCUT2D eigenvalue weighted by atomic mass is 9.92. The molecule has 2 heteroatoms. The van der Waals surface area contributed by atoms with Crippen LogP contribution in [0.2, 0.25) is 0 Å². The van der Waals surface area contributed by atoms with Gasteiger partial charge < -0.3 is 5.32 Å². The molecule has 1 N–H and O–H groups in total. The van der Waals surface area contributed by atoms with Crippen LogP contribution in [0.1, 0.15) is 47.2 Å². The second-order valence-corrected chi connectivity index (χ2v) is 5.81. The van der Waals surface area contributed by atoms with Gasteiger partial charge in [-0.15, -0.1) is 0 Å². The van der Waals surface area contributed by atoms with Gasteiger partial charge in [-0.2, -0.15) is 0 Å². The maximum atomic E-state index is 13.7. The summed E-state index contributed by atoms with van der Waals surface area (Å²) < 4.78 is 13.7. The van der Waals surface area contributed by atoms with Gasteiger partial charge in [0.25, 0.3) is 0 Å². The molecule has 1 atom stereocenters. The zero-order valence-electron chi connectivity index (χ0n) is 13.3. The standard InChI is InChI=1S/C19H24FN/c1-5-8-21-19(16-10-13(2)9-14(3)11-16)18-12-17(20)7-6-15(18)4/h6-7,9-12,19,21H,5,8H2,1-4H3. The maximum absolute atomic E-state index is 13.7. The Labute approximate surface area is 127 Å². The van der Waals surface area contributed by atoms with E-state index >= 15 is 0 Å². The van der Waals surface area contributed by atoms with Crippen molar-refractivity contribution < 1.29 is 4.39 Å². The molecule has 2 aromatic rings. The highest BCUT2D eigenvalue weighted by atomic mass is 19.1. The van der Waals surface area contributed by atoms with Crippen molar-refractivity contribution in [3.63, 3.8) is 0 Å². The molecule has 2 rings (SSSR count). The van der Waals surface area contributed by atoms with E-state index in [4.69, 9.17) is 0 Å². The van der Waals surface area contributed by atoms with Crippen molar-refractivity contribution in [1.29, 1.82) is 0 Å². The molecular weight excluding hydrogens is 261 g/mol. The smallest absolute Gasteiger partial charge is 0.123 e. The molecule has 0 bridgehead atoms. The second kappa shape index (κ2) is 6.86. The molecule has 0 aliphatic carbocycles. The fraction of sp³-hybridized carbons (Fsp3) is 0.368. The molecule has 1 unspecified atom stereocenters. The number of halogens is 1. The zero-order valence-corrected chi connectivity index (χ0v) is 13.3. The average molecular weight is 285 g/mol. The summed E-state index contributed by atoms with van der Waals surface area (Å²) in [6.45, 7) is 9.30. The fourth-order valence-electron chi connectivity index (χ4n) is 2.79. The maximum Gasteiger partial charge on any atom is 0.123 e. The molecule has 0 spiro atoms. The highest BCUT2D eigenvalue weighted by Crippen LogP contribution is 2.27. The van der Waals surface area contributed by atoms with Gasteiger partial charge in [-0.1, -0.05) is 42.3 Å². The van der Waals surface area contributed by atoms with Crippen LogP contribution in [-0.2, 0) is 0 Å². The van der Waals surface area contributed by atoms with E-state index in [9.17, 15) is 4.39 Å². The van der Waals surface area contributed by atoms with E-state index in [2.05, 4.69) is 44.3 Å². The van der Waals surface area contributed by atoms with Crippen LogP contribution in [-0.4, -0.2) is 6.54 Å². The second-order valence-electron chi connectivity index (χ2n) is 5.81. The van der Waals surface area contributed by atoms with E-state index in [0.29, 0.717) is 0 Å². The van der Waals surface area contributed by atoms with Crippen molar-refractivity contribution in [2.45, 2.75) is 40.2 Å². The number of nitrogens with one attached hydrogen (secondary N) is 1. The molecule has 0 saturated carbocycles. The van der Waals surface area contributed by atoms with Gasteiger partial charge in [0.2, 0.25) is 0 Å². The van der Waals surface area contributed by atoms with Gasteiger partial charge in [0.05, 0.1) is 6.04 Å². The Kier molecular flexibility index (Phi) is 5.13. The van der Waals surface area contributed by atoms with Crippen molar-refractivity contribution in [1.82, 2.24) is 5.32 Å². The molecule has 2 aromatic carbocycles. The molecule has 0 fully saturated rings. The third kappa shape index (κ3) is 3.92. The molecule has 112 valence electrons. The van der Waals surface area contributed by atoms with Gasteiger partial charge >= 0.3 is 0 Å². The summed E-state index contributed by atoms with van der Waals surface area (Å²) >= 11 is 0. The molecule has 0 aliphatic rings. The van der Waals surface area contributed by atoms with E-state index in [-0.39, 0.29) is 11.9 Å². The summed E-state index contributed by atoms with van der Waals surface area (Å²) in [6.07, 6.45) is 1.05. The van der Waals surface area contributed by atoms with E-state index < -0.39 is 0 Å². The first-order chi connectivity index (χ1) is 10.0. The van der Waals surface area contributed by atoms with Crippen LogP contribution >= 0.6 is 0 Å². The lowest BCUT2D eigenvalue weighted by Gasteiger charge is -2.22. The summed E-state index contributed by atoms with van der Waals surface area (Å²) in [5.74, 6) is -0.178. The first-order valence-corrected chi connectivity index (χ1v) is 7.59. The zero-order chi connectivity index (χ0) is 15.4. The lowest BCUT2D eigenvalue weighted by molar-refractivity contribution is 0.582. The van der Waals surface area contributed by atoms with Crippen LogP contribution in [0.15, 0.2) is 36.4 Å². The van der Waals surface area contributed by atoms with E-state index in [1.54, 1.807) is 6.07 Å². The van der Waals surface area contributed by atoms with Crippen molar-refractivity contribution in [3.8, 4) is 0 Å². The summed E-state index contributed by atoms with van der Waals surface area (Å²) in [5, 5.41) is 3.56. The third-order valence-corrected chi connectivity index (χ3v) is 3.73. The Morgan fingerprint density at radius 2 is 1.67 bits per heavy atom. The average Bonchev–Trinajstić information content (AvgIpc) is 2.42. The van der Waals surface area contributed by atoms with Crippen LogP contribution in [0.4, 0.5) is 4.39 Å². The van der Waals surface area contributed by atoms with Gasteiger partial charge in [0.1, 0.15) is 5.82 Å². The Morgan fingerprint density at radius 3 is 2.29 bits per heavy atom. The molecule has 0 radical (unpaired) electrons. The first-order valence-electron chi connectivity index (χ1n) is 7.59.